The van der Waals surface area contributed by atoms with Crippen LogP contribution in [-0.4, -0.2) is 11.2 Å². The van der Waals surface area contributed by atoms with Crippen molar-refractivity contribution in [2.75, 3.05) is 11.2 Å². The SMILES string of the molecule is Nc1csc(NN=Cc2ccc(OCc3cc(F)cc(F)c3)c(F)c2)n1. The summed E-state index contributed by atoms with van der Waals surface area (Å²) in [6.07, 6.45) is 1.41. The van der Waals surface area contributed by atoms with E-state index in [4.69, 9.17) is 10.5 Å². The van der Waals surface area contributed by atoms with Crippen molar-refractivity contribution >= 4 is 28.5 Å². The van der Waals surface area contributed by atoms with Crippen LogP contribution in [0.1, 0.15) is 11.1 Å². The molecule has 9 heteroatoms. The molecule has 0 amide bonds. The topological polar surface area (TPSA) is 72.5 Å². The van der Waals surface area contributed by atoms with Gasteiger partial charge in [0.25, 0.3) is 0 Å². The van der Waals surface area contributed by atoms with E-state index in [0.29, 0.717) is 16.5 Å². The van der Waals surface area contributed by atoms with Crippen molar-refractivity contribution in [2.24, 2.45) is 5.10 Å². The van der Waals surface area contributed by atoms with Crippen LogP contribution in [0.3, 0.4) is 0 Å². The zero-order valence-electron chi connectivity index (χ0n) is 13.2. The number of benzene rings is 2. The number of nitrogens with one attached hydrogen (secondary N) is 1. The maximum atomic E-state index is 14.1. The molecule has 134 valence electrons. The molecule has 0 saturated heterocycles. The molecule has 0 bridgehead atoms. The summed E-state index contributed by atoms with van der Waals surface area (Å²) in [4.78, 5) is 3.96. The molecule has 0 fully saturated rings. The van der Waals surface area contributed by atoms with Crippen molar-refractivity contribution in [1.82, 2.24) is 4.98 Å². The van der Waals surface area contributed by atoms with Gasteiger partial charge in [0.15, 0.2) is 11.6 Å². The van der Waals surface area contributed by atoms with Crippen molar-refractivity contribution in [1.29, 1.82) is 0 Å². The third kappa shape index (κ3) is 4.73. The molecule has 0 radical (unpaired) electrons. The van der Waals surface area contributed by atoms with Gasteiger partial charge in [0.2, 0.25) is 5.13 Å². The van der Waals surface area contributed by atoms with Gasteiger partial charge in [-0.25, -0.2) is 18.2 Å². The number of aromatic nitrogens is 1. The zero-order valence-corrected chi connectivity index (χ0v) is 14.1. The summed E-state index contributed by atoms with van der Waals surface area (Å²) in [6, 6.07) is 7.23. The van der Waals surface area contributed by atoms with Crippen LogP contribution in [0.5, 0.6) is 5.75 Å². The van der Waals surface area contributed by atoms with Crippen LogP contribution < -0.4 is 15.9 Å². The first-order valence-electron chi connectivity index (χ1n) is 7.37. The van der Waals surface area contributed by atoms with Crippen molar-refractivity contribution in [2.45, 2.75) is 6.61 Å². The Kier molecular flexibility index (Phi) is 5.37. The van der Waals surface area contributed by atoms with Crippen LogP contribution in [0, 0.1) is 17.5 Å². The van der Waals surface area contributed by atoms with E-state index in [-0.39, 0.29) is 17.9 Å². The Labute approximate surface area is 151 Å². The molecular formula is C17H13F3N4OS. The molecule has 5 nitrogen and oxygen atoms in total. The standard InChI is InChI=1S/C17H13F3N4OS/c18-12-3-11(4-13(19)6-12)8-25-15-2-1-10(5-14(15)20)7-22-24-17-23-16(21)9-26-17/h1-7,9H,8,21H2,(H,23,24). The number of hydrogen-bond donors (Lipinski definition) is 2. The smallest absolute Gasteiger partial charge is 0.205 e. The lowest BCUT2D eigenvalue weighted by atomic mass is 10.2. The molecular weight excluding hydrogens is 365 g/mol. The highest BCUT2D eigenvalue weighted by Gasteiger charge is 2.06. The monoisotopic (exact) mass is 378 g/mol. The summed E-state index contributed by atoms with van der Waals surface area (Å²) < 4.78 is 45.6. The van der Waals surface area contributed by atoms with Gasteiger partial charge in [0.1, 0.15) is 24.1 Å². The highest BCUT2D eigenvalue weighted by atomic mass is 32.1. The van der Waals surface area contributed by atoms with Gasteiger partial charge >= 0.3 is 0 Å². The highest BCUT2D eigenvalue weighted by molar-refractivity contribution is 7.14. The van der Waals surface area contributed by atoms with Crippen LogP contribution >= 0.6 is 11.3 Å². The Morgan fingerprint density at radius 2 is 1.92 bits per heavy atom. The molecule has 1 aromatic heterocycles. The van der Waals surface area contributed by atoms with E-state index in [0.717, 1.165) is 18.2 Å². The second-order valence-corrected chi connectivity index (χ2v) is 6.06. The summed E-state index contributed by atoms with van der Waals surface area (Å²) in [6.45, 7) is -0.161. The summed E-state index contributed by atoms with van der Waals surface area (Å²) in [5.74, 6) is -1.70. The van der Waals surface area contributed by atoms with Crippen LogP contribution in [0.25, 0.3) is 0 Å². The number of halogens is 3. The fraction of sp³-hybridized carbons (Fsp3) is 0.0588. The molecule has 0 atom stereocenters. The minimum absolute atomic E-state index is 0.0347. The molecule has 26 heavy (non-hydrogen) atoms. The van der Waals surface area contributed by atoms with E-state index in [1.165, 1.54) is 29.7 Å². The van der Waals surface area contributed by atoms with Gasteiger partial charge in [-0.1, -0.05) is 0 Å². The lowest BCUT2D eigenvalue weighted by Gasteiger charge is -2.08. The number of hydrazone groups is 1. The first-order valence-corrected chi connectivity index (χ1v) is 8.25. The Morgan fingerprint density at radius 3 is 2.58 bits per heavy atom. The number of nitrogens with two attached hydrogens (primary N) is 1. The summed E-state index contributed by atoms with van der Waals surface area (Å²) in [5, 5.41) is 6.11. The third-order valence-corrected chi connectivity index (χ3v) is 3.93. The lowest BCUT2D eigenvalue weighted by molar-refractivity contribution is 0.289. The van der Waals surface area contributed by atoms with Crippen LogP contribution in [0.15, 0.2) is 46.9 Å². The van der Waals surface area contributed by atoms with Crippen molar-refractivity contribution in [3.8, 4) is 5.75 Å². The third-order valence-electron chi connectivity index (χ3n) is 3.17. The van der Waals surface area contributed by atoms with E-state index in [2.05, 4.69) is 15.5 Å². The molecule has 0 unspecified atom stereocenters. The number of anilines is 2. The molecule has 3 N–H and O–H groups in total. The second-order valence-electron chi connectivity index (χ2n) is 5.20. The number of ether oxygens (including phenoxy) is 1. The summed E-state index contributed by atoms with van der Waals surface area (Å²) in [5.41, 5.74) is 8.92. The average molecular weight is 378 g/mol. The average Bonchev–Trinajstić information content (AvgIpc) is 2.98. The minimum atomic E-state index is -0.717. The van der Waals surface area contributed by atoms with E-state index >= 15 is 0 Å². The van der Waals surface area contributed by atoms with Gasteiger partial charge < -0.3 is 10.5 Å². The Bertz CT molecular complexity index is 925. The Balaban J connectivity index is 1.61. The number of nitrogen functional groups attached to an aromatic ring is 1. The fourth-order valence-electron chi connectivity index (χ4n) is 2.07. The number of thiazole rings is 1. The summed E-state index contributed by atoms with van der Waals surface area (Å²) in [7, 11) is 0. The van der Waals surface area contributed by atoms with Crippen molar-refractivity contribution in [3.63, 3.8) is 0 Å². The van der Waals surface area contributed by atoms with Gasteiger partial charge in [-0.05, 0) is 41.5 Å². The Morgan fingerprint density at radius 1 is 1.15 bits per heavy atom. The van der Waals surface area contributed by atoms with Crippen LogP contribution in [-0.2, 0) is 6.61 Å². The van der Waals surface area contributed by atoms with E-state index in [9.17, 15) is 13.2 Å². The molecule has 3 rings (SSSR count). The second kappa shape index (κ2) is 7.87. The van der Waals surface area contributed by atoms with Gasteiger partial charge in [0, 0.05) is 11.4 Å². The van der Waals surface area contributed by atoms with Crippen molar-refractivity contribution < 1.29 is 17.9 Å². The summed E-state index contributed by atoms with van der Waals surface area (Å²) >= 11 is 1.29. The number of nitrogens with zero attached hydrogens (tertiary/aromatic N) is 2. The highest BCUT2D eigenvalue weighted by Crippen LogP contribution is 2.20. The largest absolute Gasteiger partial charge is 0.486 e. The van der Waals surface area contributed by atoms with Gasteiger partial charge in [-0.15, -0.1) is 11.3 Å². The molecule has 1 heterocycles. The quantitative estimate of drug-likeness (QED) is 0.499. The molecule has 0 spiro atoms. The maximum absolute atomic E-state index is 14.1. The lowest BCUT2D eigenvalue weighted by Crippen LogP contribution is -1.99. The molecule has 2 aromatic carbocycles. The number of rotatable bonds is 6. The predicted octanol–water partition coefficient (Wildman–Crippen LogP) is 4.17. The van der Waals surface area contributed by atoms with E-state index in [1.807, 2.05) is 0 Å². The van der Waals surface area contributed by atoms with Gasteiger partial charge in [0.05, 0.1) is 6.21 Å². The van der Waals surface area contributed by atoms with E-state index in [1.54, 1.807) is 11.4 Å². The fourth-order valence-corrected chi connectivity index (χ4v) is 2.62. The molecule has 0 saturated carbocycles. The first-order chi connectivity index (χ1) is 12.5. The molecule has 0 aliphatic carbocycles. The molecule has 0 aliphatic rings. The van der Waals surface area contributed by atoms with Gasteiger partial charge in [-0.2, -0.15) is 5.10 Å². The van der Waals surface area contributed by atoms with Crippen LogP contribution in [0.4, 0.5) is 24.1 Å². The first kappa shape index (κ1) is 17.7. The minimum Gasteiger partial charge on any atom is -0.486 e. The zero-order chi connectivity index (χ0) is 18.5. The van der Waals surface area contributed by atoms with Gasteiger partial charge in [-0.3, -0.25) is 5.43 Å². The molecule has 3 aromatic rings. The Hall–Kier alpha value is -3.07. The predicted molar refractivity (Wildman–Crippen MR) is 94.8 cm³/mol. The van der Waals surface area contributed by atoms with Crippen LogP contribution in [0.2, 0.25) is 0 Å². The number of hydrogen-bond acceptors (Lipinski definition) is 6. The molecule has 0 aliphatic heterocycles. The van der Waals surface area contributed by atoms with E-state index < -0.39 is 17.5 Å². The normalized spacial score (nSPS) is 11.0. The van der Waals surface area contributed by atoms with Crippen molar-refractivity contribution in [3.05, 3.63) is 70.4 Å². The maximum Gasteiger partial charge on any atom is 0.205 e.